The van der Waals surface area contributed by atoms with Crippen molar-refractivity contribution in [3.63, 3.8) is 0 Å². The molecule has 100 valence electrons. The molecule has 0 unspecified atom stereocenters. The van der Waals surface area contributed by atoms with Crippen LogP contribution in [0, 0.1) is 11.8 Å². The van der Waals surface area contributed by atoms with Crippen LogP contribution < -0.4 is 0 Å². The Morgan fingerprint density at radius 1 is 0.824 bits per heavy atom. The average Bonchev–Trinajstić information content (AvgIpc) is 2.71. The van der Waals surface area contributed by atoms with E-state index in [4.69, 9.17) is 9.47 Å². The van der Waals surface area contributed by atoms with Crippen LogP contribution in [0.5, 0.6) is 0 Å². The van der Waals surface area contributed by atoms with E-state index in [0.717, 1.165) is 12.5 Å². The van der Waals surface area contributed by atoms with Gasteiger partial charge in [0.2, 0.25) is 0 Å². The molecule has 0 aromatic rings. The van der Waals surface area contributed by atoms with Gasteiger partial charge in [-0.25, -0.2) is 0 Å². The molecule has 0 N–H and O–H groups in total. The highest BCUT2D eigenvalue weighted by atomic mass is 16.7. The lowest BCUT2D eigenvalue weighted by Gasteiger charge is -2.22. The van der Waals surface area contributed by atoms with Gasteiger partial charge in [0.1, 0.15) is 0 Å². The lowest BCUT2D eigenvalue weighted by molar-refractivity contribution is -0.111. The number of fused-ring (bicyclic) bond motifs is 1. The van der Waals surface area contributed by atoms with Gasteiger partial charge < -0.3 is 9.47 Å². The van der Waals surface area contributed by atoms with Crippen molar-refractivity contribution in [2.24, 2.45) is 11.8 Å². The van der Waals surface area contributed by atoms with Crippen molar-refractivity contribution in [3.05, 3.63) is 0 Å². The van der Waals surface area contributed by atoms with Crippen molar-refractivity contribution in [2.45, 2.75) is 70.5 Å². The maximum atomic E-state index is 5.78. The maximum absolute atomic E-state index is 5.78. The summed E-state index contributed by atoms with van der Waals surface area (Å²) in [6.45, 7) is 0.934. The molecule has 0 bridgehead atoms. The van der Waals surface area contributed by atoms with Crippen LogP contribution in [-0.4, -0.2) is 20.0 Å². The maximum Gasteiger partial charge on any atom is 0.160 e. The first-order valence-corrected chi connectivity index (χ1v) is 7.56. The molecule has 1 saturated carbocycles. The smallest absolute Gasteiger partial charge is 0.160 e. The van der Waals surface area contributed by atoms with Crippen molar-refractivity contribution < 1.29 is 9.47 Å². The summed E-state index contributed by atoms with van der Waals surface area (Å²) in [5, 5.41) is 0. The predicted octanol–water partition coefficient (Wildman–Crippen LogP) is 4.14. The van der Waals surface area contributed by atoms with Gasteiger partial charge in [0.15, 0.2) is 6.29 Å². The molecule has 1 heterocycles. The Morgan fingerprint density at radius 3 is 2.06 bits per heavy atom. The summed E-state index contributed by atoms with van der Waals surface area (Å²) < 4.78 is 11.3. The van der Waals surface area contributed by atoms with Crippen LogP contribution in [0.15, 0.2) is 0 Å². The summed E-state index contributed by atoms with van der Waals surface area (Å²) in [5.74, 6) is 1.43. The molecule has 2 nitrogen and oxygen atoms in total. The quantitative estimate of drug-likeness (QED) is 0.686. The SMILES string of the molecule is CO[C@@H]1OC[C@@H]2CCCCCCCCCC[C@H]21. The van der Waals surface area contributed by atoms with Gasteiger partial charge in [0, 0.05) is 13.0 Å². The molecule has 17 heavy (non-hydrogen) atoms. The van der Waals surface area contributed by atoms with Gasteiger partial charge >= 0.3 is 0 Å². The number of ether oxygens (including phenoxy) is 2. The zero-order valence-corrected chi connectivity index (χ0v) is 11.3. The van der Waals surface area contributed by atoms with E-state index in [9.17, 15) is 0 Å². The van der Waals surface area contributed by atoms with Gasteiger partial charge in [-0.05, 0) is 18.8 Å². The Kier molecular flexibility index (Phi) is 5.79. The molecule has 2 rings (SSSR count). The van der Waals surface area contributed by atoms with E-state index < -0.39 is 0 Å². The van der Waals surface area contributed by atoms with Crippen molar-refractivity contribution in [2.75, 3.05) is 13.7 Å². The molecule has 0 aromatic carbocycles. The van der Waals surface area contributed by atoms with Crippen LogP contribution in [0.25, 0.3) is 0 Å². The topological polar surface area (TPSA) is 18.5 Å². The minimum atomic E-state index is 0.0861. The zero-order valence-electron chi connectivity index (χ0n) is 11.3. The number of hydrogen-bond donors (Lipinski definition) is 0. The molecular formula is C15H28O2. The van der Waals surface area contributed by atoms with Crippen LogP contribution in [-0.2, 0) is 9.47 Å². The largest absolute Gasteiger partial charge is 0.356 e. The Bertz CT molecular complexity index is 205. The van der Waals surface area contributed by atoms with Gasteiger partial charge in [-0.15, -0.1) is 0 Å². The summed E-state index contributed by atoms with van der Waals surface area (Å²) in [5.41, 5.74) is 0. The third kappa shape index (κ3) is 3.96. The highest BCUT2D eigenvalue weighted by Gasteiger charge is 2.36. The van der Waals surface area contributed by atoms with Gasteiger partial charge in [-0.1, -0.05) is 51.4 Å². The van der Waals surface area contributed by atoms with E-state index in [1.165, 1.54) is 64.2 Å². The molecule has 2 heteroatoms. The summed E-state index contributed by atoms with van der Waals surface area (Å²) in [6, 6.07) is 0. The summed E-state index contributed by atoms with van der Waals surface area (Å²) in [6.07, 6.45) is 14.1. The normalized spacial score (nSPS) is 36.9. The standard InChI is InChI=1S/C15H28O2/c1-16-15-14-11-9-7-5-3-2-4-6-8-10-13(14)12-17-15/h13-15H,2-12H2,1H3/t13-,14+,15+/m0/s1. The van der Waals surface area contributed by atoms with Crippen LogP contribution in [0.3, 0.4) is 0 Å². The van der Waals surface area contributed by atoms with Crippen LogP contribution in [0.2, 0.25) is 0 Å². The van der Waals surface area contributed by atoms with E-state index in [-0.39, 0.29) is 6.29 Å². The first-order valence-electron chi connectivity index (χ1n) is 7.56. The van der Waals surface area contributed by atoms with Crippen LogP contribution in [0.1, 0.15) is 64.2 Å². The first-order chi connectivity index (χ1) is 8.42. The van der Waals surface area contributed by atoms with Crippen LogP contribution >= 0.6 is 0 Å². The Balaban J connectivity index is 1.86. The molecule has 3 atom stereocenters. The van der Waals surface area contributed by atoms with Gasteiger partial charge in [0.25, 0.3) is 0 Å². The Hall–Kier alpha value is -0.0800. The molecular weight excluding hydrogens is 212 g/mol. The third-order valence-electron chi connectivity index (χ3n) is 4.52. The molecule has 2 aliphatic rings. The molecule has 0 aromatic heterocycles. The fourth-order valence-electron chi connectivity index (χ4n) is 3.45. The predicted molar refractivity (Wildman–Crippen MR) is 69.9 cm³/mol. The number of hydrogen-bond acceptors (Lipinski definition) is 2. The number of rotatable bonds is 1. The van der Waals surface area contributed by atoms with Crippen molar-refractivity contribution in [1.82, 2.24) is 0 Å². The molecule has 0 amide bonds. The second-order valence-electron chi connectivity index (χ2n) is 5.77. The monoisotopic (exact) mass is 240 g/mol. The second-order valence-corrected chi connectivity index (χ2v) is 5.77. The lowest BCUT2D eigenvalue weighted by Crippen LogP contribution is -2.22. The minimum Gasteiger partial charge on any atom is -0.356 e. The summed E-state index contributed by atoms with van der Waals surface area (Å²) in [7, 11) is 1.79. The molecule has 2 fully saturated rings. The van der Waals surface area contributed by atoms with E-state index >= 15 is 0 Å². The summed E-state index contributed by atoms with van der Waals surface area (Å²) in [4.78, 5) is 0. The molecule has 1 saturated heterocycles. The zero-order chi connectivity index (χ0) is 11.9. The Labute approximate surface area is 106 Å². The van der Waals surface area contributed by atoms with Crippen molar-refractivity contribution in [3.8, 4) is 0 Å². The second kappa shape index (κ2) is 7.38. The first kappa shape index (κ1) is 13.4. The molecule has 0 radical (unpaired) electrons. The van der Waals surface area contributed by atoms with Crippen molar-refractivity contribution >= 4 is 0 Å². The van der Waals surface area contributed by atoms with E-state index in [1.54, 1.807) is 7.11 Å². The highest BCUT2D eigenvalue weighted by Crippen LogP contribution is 2.35. The fraction of sp³-hybridized carbons (Fsp3) is 1.00. The Morgan fingerprint density at radius 2 is 1.41 bits per heavy atom. The lowest BCUT2D eigenvalue weighted by atomic mass is 9.85. The van der Waals surface area contributed by atoms with Crippen molar-refractivity contribution in [1.29, 1.82) is 0 Å². The van der Waals surface area contributed by atoms with E-state index in [1.807, 2.05) is 0 Å². The minimum absolute atomic E-state index is 0.0861. The van der Waals surface area contributed by atoms with Gasteiger partial charge in [-0.2, -0.15) is 0 Å². The highest BCUT2D eigenvalue weighted by molar-refractivity contribution is 4.79. The van der Waals surface area contributed by atoms with E-state index in [0.29, 0.717) is 5.92 Å². The van der Waals surface area contributed by atoms with Crippen LogP contribution in [0.4, 0.5) is 0 Å². The number of methoxy groups -OCH3 is 1. The third-order valence-corrected chi connectivity index (χ3v) is 4.52. The van der Waals surface area contributed by atoms with Gasteiger partial charge in [-0.3, -0.25) is 0 Å². The van der Waals surface area contributed by atoms with E-state index in [2.05, 4.69) is 0 Å². The fourth-order valence-corrected chi connectivity index (χ4v) is 3.45. The molecule has 1 aliphatic carbocycles. The van der Waals surface area contributed by atoms with Gasteiger partial charge in [0.05, 0.1) is 6.61 Å². The molecule has 0 spiro atoms. The summed E-state index contributed by atoms with van der Waals surface area (Å²) >= 11 is 0. The average molecular weight is 240 g/mol. The molecule has 1 aliphatic heterocycles.